The number of nitrogens with zero attached hydrogens (tertiary/aromatic N) is 2. The highest BCUT2D eigenvalue weighted by molar-refractivity contribution is 7.80. The maximum absolute atomic E-state index is 6.12. The van der Waals surface area contributed by atoms with Crippen molar-refractivity contribution in [3.63, 3.8) is 0 Å². The van der Waals surface area contributed by atoms with Crippen molar-refractivity contribution in [3.05, 3.63) is 71.2 Å². The molecule has 8 heteroatoms. The molecule has 0 atom stereocenters. The van der Waals surface area contributed by atoms with Gasteiger partial charge in [0, 0.05) is 17.0 Å². The normalized spacial score (nSPS) is 14.8. The third-order valence-corrected chi connectivity index (χ3v) is 6.43. The molecule has 1 aliphatic carbocycles. The zero-order valence-corrected chi connectivity index (χ0v) is 20.1. The first-order valence-electron chi connectivity index (χ1n) is 11.0. The summed E-state index contributed by atoms with van der Waals surface area (Å²) in [6.45, 7) is 0.720. The van der Waals surface area contributed by atoms with Gasteiger partial charge in [-0.05, 0) is 54.9 Å². The second kappa shape index (κ2) is 10.8. The minimum absolute atomic E-state index is 0.0192. The third-order valence-electron chi connectivity index (χ3n) is 5.93. The fourth-order valence-electron chi connectivity index (χ4n) is 4.22. The average Bonchev–Trinajstić information content (AvgIpc) is 2.84. The van der Waals surface area contributed by atoms with Crippen molar-refractivity contribution in [2.24, 2.45) is 0 Å². The zero-order valence-electron chi connectivity index (χ0n) is 18.5. The summed E-state index contributed by atoms with van der Waals surface area (Å²) in [5.41, 5.74) is 1.31. The monoisotopic (exact) mass is 482 g/mol. The van der Waals surface area contributed by atoms with Gasteiger partial charge in [0.25, 0.3) is 0 Å². The number of hydrogen-bond acceptors (Lipinski definition) is 5. The second-order valence-electron chi connectivity index (χ2n) is 8.14. The molecule has 0 saturated heterocycles. The number of aromatic nitrogens is 2. The van der Waals surface area contributed by atoms with E-state index in [1.54, 1.807) is 13.2 Å². The first-order valence-corrected chi connectivity index (χ1v) is 11.8. The summed E-state index contributed by atoms with van der Waals surface area (Å²) in [6.07, 6.45) is 5.87. The van der Waals surface area contributed by atoms with E-state index in [2.05, 4.69) is 32.7 Å². The molecule has 0 spiro atoms. The van der Waals surface area contributed by atoms with Gasteiger partial charge in [-0.2, -0.15) is 9.97 Å². The molecule has 2 N–H and O–H groups in total. The van der Waals surface area contributed by atoms with Gasteiger partial charge in [-0.25, -0.2) is 0 Å². The topological polar surface area (TPSA) is 68.3 Å². The van der Waals surface area contributed by atoms with E-state index in [9.17, 15) is 0 Å². The van der Waals surface area contributed by atoms with Gasteiger partial charge in [-0.3, -0.25) is 0 Å². The lowest BCUT2D eigenvalue weighted by atomic mass is 9.69. The number of thiocarbonyl (C=S) groups is 1. The summed E-state index contributed by atoms with van der Waals surface area (Å²) in [5, 5.41) is 7.66. The van der Waals surface area contributed by atoms with E-state index in [0.29, 0.717) is 28.6 Å². The molecular weight excluding hydrogens is 456 g/mol. The number of nitrogens with one attached hydrogen (secondary N) is 2. The molecule has 172 valence electrons. The van der Waals surface area contributed by atoms with Gasteiger partial charge in [0.05, 0.1) is 13.2 Å². The average molecular weight is 483 g/mol. The molecular formula is C25H27ClN4O2S. The lowest BCUT2D eigenvalue weighted by molar-refractivity contribution is 0.292. The van der Waals surface area contributed by atoms with Crippen LogP contribution in [0.25, 0.3) is 0 Å². The van der Waals surface area contributed by atoms with Crippen LogP contribution in [-0.4, -0.2) is 28.7 Å². The molecule has 1 aliphatic rings. The van der Waals surface area contributed by atoms with Crippen molar-refractivity contribution in [1.29, 1.82) is 0 Å². The van der Waals surface area contributed by atoms with E-state index in [4.69, 9.17) is 33.3 Å². The molecule has 6 nitrogen and oxygen atoms in total. The maximum atomic E-state index is 6.12. The Labute approximate surface area is 204 Å². The number of halogens is 1. The number of para-hydroxylation sites is 1. The van der Waals surface area contributed by atoms with E-state index >= 15 is 0 Å². The molecule has 0 aliphatic heterocycles. The van der Waals surface area contributed by atoms with Crippen molar-refractivity contribution in [2.45, 2.75) is 37.5 Å². The number of rotatable bonds is 7. The van der Waals surface area contributed by atoms with Crippen LogP contribution >= 0.6 is 23.8 Å². The molecule has 1 fully saturated rings. The summed E-state index contributed by atoms with van der Waals surface area (Å²) in [7, 11) is 1.55. The largest absolute Gasteiger partial charge is 0.481 e. The number of hydrogen-bond donors (Lipinski definition) is 2. The van der Waals surface area contributed by atoms with Crippen LogP contribution in [0, 0.1) is 0 Å². The van der Waals surface area contributed by atoms with Crippen molar-refractivity contribution in [2.75, 3.05) is 19.0 Å². The summed E-state index contributed by atoms with van der Waals surface area (Å²) in [6, 6.07) is 19.2. The van der Waals surface area contributed by atoms with Gasteiger partial charge in [-0.15, -0.1) is 0 Å². The Balaban J connectivity index is 1.45. The number of anilines is 1. The first-order chi connectivity index (χ1) is 16.1. The zero-order chi connectivity index (χ0) is 23.1. The number of methoxy groups -OCH3 is 1. The van der Waals surface area contributed by atoms with Crippen molar-refractivity contribution < 1.29 is 9.47 Å². The Kier molecular flexibility index (Phi) is 7.62. The minimum atomic E-state index is 0.0192. The highest BCUT2D eigenvalue weighted by Gasteiger charge is 2.34. The first kappa shape index (κ1) is 23.3. The Morgan fingerprint density at radius 1 is 1.00 bits per heavy atom. The van der Waals surface area contributed by atoms with Crippen molar-refractivity contribution >= 4 is 34.9 Å². The lowest BCUT2D eigenvalue weighted by Gasteiger charge is -2.38. The Morgan fingerprint density at radius 2 is 1.70 bits per heavy atom. The van der Waals surface area contributed by atoms with Crippen LogP contribution in [0.4, 0.5) is 5.95 Å². The predicted molar refractivity (Wildman–Crippen MR) is 136 cm³/mol. The number of benzene rings is 2. The molecule has 0 unspecified atom stereocenters. The molecule has 0 amide bonds. The number of ether oxygens (including phenoxy) is 2. The van der Waals surface area contributed by atoms with Crippen LogP contribution in [0.5, 0.6) is 17.5 Å². The van der Waals surface area contributed by atoms with E-state index in [1.807, 2.05) is 42.5 Å². The molecule has 0 bridgehead atoms. The van der Waals surface area contributed by atoms with Gasteiger partial charge in [-0.1, -0.05) is 61.2 Å². The Morgan fingerprint density at radius 3 is 2.39 bits per heavy atom. The second-order valence-corrected chi connectivity index (χ2v) is 8.99. The highest BCUT2D eigenvalue weighted by Crippen LogP contribution is 2.39. The Bertz CT molecular complexity index is 1070. The molecule has 1 aromatic heterocycles. The molecule has 0 radical (unpaired) electrons. The lowest BCUT2D eigenvalue weighted by Crippen LogP contribution is -2.43. The van der Waals surface area contributed by atoms with Crippen LogP contribution in [0.3, 0.4) is 0 Å². The molecule has 2 aromatic carbocycles. The Hall–Kier alpha value is -2.90. The fourth-order valence-corrected chi connectivity index (χ4v) is 4.51. The predicted octanol–water partition coefficient (Wildman–Crippen LogP) is 6.12. The van der Waals surface area contributed by atoms with Gasteiger partial charge >= 0.3 is 0 Å². The van der Waals surface area contributed by atoms with Crippen LogP contribution in [0.2, 0.25) is 5.02 Å². The fraction of sp³-hybridized carbons (Fsp3) is 0.320. The maximum Gasteiger partial charge on any atom is 0.235 e. The quantitative estimate of drug-likeness (QED) is 0.393. The molecule has 1 heterocycles. The third kappa shape index (κ3) is 6.12. The van der Waals surface area contributed by atoms with E-state index in [-0.39, 0.29) is 5.41 Å². The smallest absolute Gasteiger partial charge is 0.235 e. The van der Waals surface area contributed by atoms with Crippen LogP contribution in [-0.2, 0) is 5.41 Å². The van der Waals surface area contributed by atoms with E-state index in [1.165, 1.54) is 24.8 Å². The SMILES string of the molecule is COc1cc(Oc2ccccc2)nc(NC(=S)NCC2(c3ccc(Cl)cc3)CCCCC2)n1. The van der Waals surface area contributed by atoms with Crippen LogP contribution in [0.1, 0.15) is 37.7 Å². The van der Waals surface area contributed by atoms with Crippen molar-refractivity contribution in [1.82, 2.24) is 15.3 Å². The summed E-state index contributed by atoms with van der Waals surface area (Å²) < 4.78 is 11.1. The van der Waals surface area contributed by atoms with Gasteiger partial charge < -0.3 is 20.1 Å². The van der Waals surface area contributed by atoms with Crippen LogP contribution < -0.4 is 20.1 Å². The van der Waals surface area contributed by atoms with Gasteiger partial charge in [0.2, 0.25) is 17.7 Å². The van der Waals surface area contributed by atoms with E-state index < -0.39 is 0 Å². The van der Waals surface area contributed by atoms with E-state index in [0.717, 1.165) is 24.4 Å². The minimum Gasteiger partial charge on any atom is -0.481 e. The summed E-state index contributed by atoms with van der Waals surface area (Å²) in [4.78, 5) is 8.78. The molecule has 1 saturated carbocycles. The van der Waals surface area contributed by atoms with Crippen molar-refractivity contribution in [3.8, 4) is 17.5 Å². The molecule has 33 heavy (non-hydrogen) atoms. The highest BCUT2D eigenvalue weighted by atomic mass is 35.5. The summed E-state index contributed by atoms with van der Waals surface area (Å²) in [5.74, 6) is 1.73. The van der Waals surface area contributed by atoms with Crippen LogP contribution in [0.15, 0.2) is 60.7 Å². The summed E-state index contributed by atoms with van der Waals surface area (Å²) >= 11 is 11.7. The van der Waals surface area contributed by atoms with Gasteiger partial charge in [0.1, 0.15) is 5.75 Å². The molecule has 4 rings (SSSR count). The molecule has 3 aromatic rings. The standard InChI is InChI=1S/C25H27ClN4O2S/c1-31-21-16-22(32-20-8-4-2-5-9-20)29-23(28-21)30-24(33)27-17-25(14-6-3-7-15-25)18-10-12-19(26)13-11-18/h2,4-5,8-13,16H,3,6-7,14-15,17H2,1H3,(H2,27,28,29,30,33). The van der Waals surface area contributed by atoms with Gasteiger partial charge in [0.15, 0.2) is 5.11 Å².